The number of methoxy groups -OCH3 is 2. The normalized spacial score (nSPS) is 23.9. The Kier molecular flexibility index (Phi) is 10.1. The number of hydrogen-bond acceptors (Lipinski definition) is 5. The highest BCUT2D eigenvalue weighted by Crippen LogP contribution is 2.62. The van der Waals surface area contributed by atoms with Crippen molar-refractivity contribution in [3.05, 3.63) is 71.1 Å². The largest absolute Gasteiger partial charge is 0.501 e. The van der Waals surface area contributed by atoms with Crippen molar-refractivity contribution >= 4 is 5.57 Å². The predicted octanol–water partition coefficient (Wildman–Crippen LogP) is 8.98. The fourth-order valence-electron chi connectivity index (χ4n) is 4.62. The molecule has 0 aromatic carbocycles. The standard InChI is InChI=1S/C28H33NO4.2C2H6/c1-17-10-23(30-6)21(24(11-17)31-7)12-18(2)22-8-9-26(32-22)33-25-14-19(27(3,4)16-29)13-20-15-28(20,25)5;2*1-2/h8-10,13-14,17,20H,2,11-12,15H2,1,3-7H3;2*1-2H3. The van der Waals surface area contributed by atoms with Crippen LogP contribution >= 0.6 is 0 Å². The smallest absolute Gasteiger partial charge is 0.290 e. The van der Waals surface area contributed by atoms with Crippen LogP contribution in [0.1, 0.15) is 80.4 Å². The molecule has 0 bridgehead atoms. The van der Waals surface area contributed by atoms with Gasteiger partial charge in [-0.3, -0.25) is 0 Å². The van der Waals surface area contributed by atoms with E-state index in [9.17, 15) is 5.26 Å². The Bertz CT molecular complexity index is 1140. The van der Waals surface area contributed by atoms with Gasteiger partial charge in [-0.05, 0) is 61.5 Å². The summed E-state index contributed by atoms with van der Waals surface area (Å²) in [7, 11) is 3.38. The highest BCUT2D eigenvalue weighted by atomic mass is 16.6. The number of nitriles is 1. The van der Waals surface area contributed by atoms with Gasteiger partial charge in [-0.1, -0.05) is 54.2 Å². The lowest BCUT2D eigenvalue weighted by atomic mass is 9.81. The highest BCUT2D eigenvalue weighted by molar-refractivity contribution is 5.64. The molecule has 202 valence electrons. The molecule has 1 heterocycles. The number of rotatable bonds is 8. The summed E-state index contributed by atoms with van der Waals surface area (Å²) in [4.78, 5) is 0. The Morgan fingerprint density at radius 3 is 2.43 bits per heavy atom. The second-order valence-corrected chi connectivity index (χ2v) is 10.1. The molecule has 0 N–H and O–H groups in total. The fourth-order valence-corrected chi connectivity index (χ4v) is 4.62. The van der Waals surface area contributed by atoms with Gasteiger partial charge in [0.05, 0.1) is 25.7 Å². The summed E-state index contributed by atoms with van der Waals surface area (Å²) >= 11 is 0. The minimum atomic E-state index is -0.558. The third kappa shape index (κ3) is 6.42. The van der Waals surface area contributed by atoms with E-state index in [-0.39, 0.29) is 5.41 Å². The van der Waals surface area contributed by atoms with E-state index in [4.69, 9.17) is 18.6 Å². The lowest BCUT2D eigenvalue weighted by molar-refractivity contribution is 0.237. The van der Waals surface area contributed by atoms with Gasteiger partial charge in [-0.2, -0.15) is 5.26 Å². The minimum absolute atomic E-state index is 0.0336. The van der Waals surface area contributed by atoms with Gasteiger partial charge in [-0.25, -0.2) is 0 Å². The van der Waals surface area contributed by atoms with E-state index in [1.807, 2.05) is 59.8 Å². The topological polar surface area (TPSA) is 64.6 Å². The molecule has 0 amide bonds. The van der Waals surface area contributed by atoms with Crippen LogP contribution in [0, 0.1) is 34.0 Å². The molecule has 1 fully saturated rings. The van der Waals surface area contributed by atoms with Gasteiger partial charge >= 0.3 is 0 Å². The first-order valence-electron chi connectivity index (χ1n) is 13.4. The Morgan fingerprint density at radius 1 is 1.16 bits per heavy atom. The first-order chi connectivity index (χ1) is 17.6. The van der Waals surface area contributed by atoms with Crippen LogP contribution in [0.3, 0.4) is 0 Å². The molecule has 37 heavy (non-hydrogen) atoms. The first-order valence-corrected chi connectivity index (χ1v) is 13.4. The summed E-state index contributed by atoms with van der Waals surface area (Å²) in [5.74, 6) is 4.47. The first kappa shape index (κ1) is 30.1. The van der Waals surface area contributed by atoms with Crippen LogP contribution in [-0.2, 0) is 9.47 Å². The molecule has 0 aliphatic heterocycles. The van der Waals surface area contributed by atoms with Crippen molar-refractivity contribution in [3.63, 3.8) is 0 Å². The molecule has 1 aromatic heterocycles. The third-order valence-corrected chi connectivity index (χ3v) is 7.11. The van der Waals surface area contributed by atoms with Crippen LogP contribution in [0.15, 0.2) is 69.8 Å². The summed E-state index contributed by atoms with van der Waals surface area (Å²) in [6.07, 6.45) is 8.77. The number of furan rings is 1. The van der Waals surface area contributed by atoms with Crippen LogP contribution in [0.4, 0.5) is 0 Å². The number of hydrogen-bond donors (Lipinski definition) is 0. The van der Waals surface area contributed by atoms with Crippen molar-refractivity contribution in [2.24, 2.45) is 22.7 Å². The molecule has 3 unspecified atom stereocenters. The Labute approximate surface area is 224 Å². The molecule has 4 rings (SSSR count). The van der Waals surface area contributed by atoms with E-state index in [1.54, 1.807) is 14.2 Å². The molecule has 0 saturated heterocycles. The van der Waals surface area contributed by atoms with Crippen LogP contribution in [0.5, 0.6) is 5.95 Å². The van der Waals surface area contributed by atoms with E-state index in [2.05, 4.69) is 38.6 Å². The van der Waals surface area contributed by atoms with Crippen molar-refractivity contribution < 1.29 is 18.6 Å². The van der Waals surface area contributed by atoms with E-state index in [1.165, 1.54) is 0 Å². The average Bonchev–Trinajstić information content (AvgIpc) is 3.37. The Hall–Kier alpha value is -3.13. The zero-order chi connectivity index (χ0) is 28.0. The molecule has 0 radical (unpaired) electrons. The van der Waals surface area contributed by atoms with Gasteiger partial charge in [0.1, 0.15) is 23.0 Å². The third-order valence-electron chi connectivity index (χ3n) is 7.11. The van der Waals surface area contributed by atoms with Gasteiger partial charge in [0, 0.05) is 29.9 Å². The molecule has 1 saturated carbocycles. The summed E-state index contributed by atoms with van der Waals surface area (Å²) in [6.45, 7) is 20.5. The lowest BCUT2D eigenvalue weighted by Gasteiger charge is -2.25. The van der Waals surface area contributed by atoms with E-state index in [0.29, 0.717) is 30.0 Å². The average molecular weight is 508 g/mol. The van der Waals surface area contributed by atoms with Gasteiger partial charge in [0.25, 0.3) is 5.95 Å². The number of ether oxygens (including phenoxy) is 3. The second kappa shape index (κ2) is 12.4. The maximum absolute atomic E-state index is 9.56. The van der Waals surface area contributed by atoms with Crippen LogP contribution in [-0.4, -0.2) is 14.2 Å². The van der Waals surface area contributed by atoms with Gasteiger partial charge in [0.15, 0.2) is 0 Å². The molecule has 0 spiro atoms. The van der Waals surface area contributed by atoms with Crippen molar-refractivity contribution in [3.8, 4) is 12.0 Å². The highest BCUT2D eigenvalue weighted by Gasteiger charge is 2.55. The van der Waals surface area contributed by atoms with Crippen LogP contribution in [0.25, 0.3) is 5.57 Å². The van der Waals surface area contributed by atoms with E-state index >= 15 is 0 Å². The zero-order valence-corrected chi connectivity index (χ0v) is 24.5. The molecule has 3 atom stereocenters. The molecular formula is C32H45NO4. The van der Waals surface area contributed by atoms with E-state index in [0.717, 1.165) is 46.8 Å². The zero-order valence-electron chi connectivity index (χ0n) is 24.5. The summed E-state index contributed by atoms with van der Waals surface area (Å²) in [6, 6.07) is 6.11. The Balaban J connectivity index is 0.00000115. The maximum Gasteiger partial charge on any atom is 0.290 e. The van der Waals surface area contributed by atoms with Crippen molar-refractivity contribution in [1.82, 2.24) is 0 Å². The monoisotopic (exact) mass is 507 g/mol. The van der Waals surface area contributed by atoms with Crippen LogP contribution < -0.4 is 4.74 Å². The fraction of sp³-hybridized carbons (Fsp3) is 0.531. The molecule has 1 aromatic rings. The number of fused-ring (bicyclic) bond motifs is 1. The molecule has 5 heteroatoms. The summed E-state index contributed by atoms with van der Waals surface area (Å²) in [5, 5.41) is 9.56. The number of nitrogens with zero attached hydrogens (tertiary/aromatic N) is 1. The van der Waals surface area contributed by atoms with Crippen LogP contribution in [0.2, 0.25) is 0 Å². The van der Waals surface area contributed by atoms with Crippen molar-refractivity contribution in [2.75, 3.05) is 14.2 Å². The lowest BCUT2D eigenvalue weighted by Crippen LogP contribution is -2.18. The quantitative estimate of drug-likeness (QED) is 0.351. The van der Waals surface area contributed by atoms with Gasteiger partial charge in [0.2, 0.25) is 0 Å². The van der Waals surface area contributed by atoms with Crippen molar-refractivity contribution in [2.45, 2.75) is 74.7 Å². The number of allylic oxidation sites excluding steroid dienone is 8. The molecule has 3 aliphatic rings. The minimum Gasteiger partial charge on any atom is -0.501 e. The second-order valence-electron chi connectivity index (χ2n) is 10.1. The summed E-state index contributed by atoms with van der Waals surface area (Å²) in [5.41, 5.74) is 2.23. The molecular weight excluding hydrogens is 462 g/mol. The summed E-state index contributed by atoms with van der Waals surface area (Å²) < 4.78 is 23.5. The van der Waals surface area contributed by atoms with Gasteiger partial charge in [-0.15, -0.1) is 0 Å². The van der Waals surface area contributed by atoms with Crippen molar-refractivity contribution in [1.29, 1.82) is 5.26 Å². The SMILES string of the molecule is C=C(CC1=C(OC)CC(C)C=C1OC)c1ccc(OC2=CC(C(C)(C)C#N)=CC3CC23C)o1.CC.CC. The maximum atomic E-state index is 9.56. The van der Waals surface area contributed by atoms with Gasteiger partial charge < -0.3 is 18.6 Å². The predicted molar refractivity (Wildman–Crippen MR) is 150 cm³/mol. The molecule has 5 nitrogen and oxygen atoms in total. The van der Waals surface area contributed by atoms with E-state index < -0.39 is 5.41 Å². The molecule has 3 aliphatic carbocycles. The Morgan fingerprint density at radius 2 is 1.84 bits per heavy atom.